The zero-order chi connectivity index (χ0) is 14.3. The third kappa shape index (κ3) is 6.82. The summed E-state index contributed by atoms with van der Waals surface area (Å²) in [5, 5.41) is 5.95. The number of hydrogen-bond acceptors (Lipinski definition) is 3. The molecule has 0 bridgehead atoms. The van der Waals surface area contributed by atoms with Crippen LogP contribution in [0.2, 0.25) is 0 Å². The normalized spacial score (nSPS) is 10.8. The summed E-state index contributed by atoms with van der Waals surface area (Å²) in [7, 11) is 0. The van der Waals surface area contributed by atoms with Crippen molar-refractivity contribution in [3.05, 3.63) is 29.8 Å². The molecule has 0 spiro atoms. The highest BCUT2D eigenvalue weighted by Gasteiger charge is 2.03. The van der Waals surface area contributed by atoms with Crippen LogP contribution in [0.5, 0.6) is 5.75 Å². The molecule has 0 aliphatic rings. The Morgan fingerprint density at radius 3 is 2.32 bits per heavy atom. The average molecular weight is 264 g/mol. The Morgan fingerprint density at radius 1 is 1.16 bits per heavy atom. The molecule has 4 nitrogen and oxygen atoms in total. The Balaban J connectivity index is 2.35. The summed E-state index contributed by atoms with van der Waals surface area (Å²) in [5.74, 6) is 0.864. The van der Waals surface area contributed by atoms with Gasteiger partial charge in [0.15, 0.2) is 0 Å². The van der Waals surface area contributed by atoms with Crippen LogP contribution in [0.1, 0.15) is 33.3 Å². The first-order valence-corrected chi connectivity index (χ1v) is 6.73. The zero-order valence-electron chi connectivity index (χ0n) is 12.2. The molecule has 1 amide bonds. The van der Waals surface area contributed by atoms with Gasteiger partial charge in [0.2, 0.25) is 5.91 Å². The van der Waals surface area contributed by atoms with Gasteiger partial charge < -0.3 is 15.4 Å². The van der Waals surface area contributed by atoms with E-state index >= 15 is 0 Å². The van der Waals surface area contributed by atoms with E-state index in [4.69, 9.17) is 4.74 Å². The number of rotatable bonds is 7. The number of benzene rings is 1. The quantitative estimate of drug-likeness (QED) is 0.793. The van der Waals surface area contributed by atoms with Crippen LogP contribution in [0.4, 0.5) is 0 Å². The van der Waals surface area contributed by atoms with Gasteiger partial charge in [0, 0.05) is 12.6 Å². The maximum absolute atomic E-state index is 11.5. The van der Waals surface area contributed by atoms with Gasteiger partial charge >= 0.3 is 0 Å². The summed E-state index contributed by atoms with van der Waals surface area (Å²) in [6.07, 6.45) is 0.174. The third-order valence-corrected chi connectivity index (χ3v) is 2.46. The topological polar surface area (TPSA) is 50.4 Å². The predicted octanol–water partition coefficient (Wildman–Crippen LogP) is 2.09. The fourth-order valence-electron chi connectivity index (χ4n) is 1.52. The van der Waals surface area contributed by atoms with Gasteiger partial charge in [0.1, 0.15) is 5.75 Å². The lowest BCUT2D eigenvalue weighted by Gasteiger charge is -2.11. The van der Waals surface area contributed by atoms with Crippen molar-refractivity contribution < 1.29 is 9.53 Å². The summed E-state index contributed by atoms with van der Waals surface area (Å²) in [6, 6.07) is 8.10. The first-order chi connectivity index (χ1) is 8.97. The SMILES string of the molecule is CC(C)NCC(=O)NCc1ccc(OC(C)C)cc1. The molecule has 0 heterocycles. The van der Waals surface area contributed by atoms with Gasteiger partial charge in [-0.1, -0.05) is 26.0 Å². The number of ether oxygens (including phenoxy) is 1. The smallest absolute Gasteiger partial charge is 0.234 e. The Morgan fingerprint density at radius 2 is 1.79 bits per heavy atom. The lowest BCUT2D eigenvalue weighted by Crippen LogP contribution is -2.36. The molecule has 0 atom stereocenters. The largest absolute Gasteiger partial charge is 0.491 e. The minimum atomic E-state index is 0.0104. The Labute approximate surface area is 115 Å². The molecule has 1 aromatic carbocycles. The number of carbonyl (C=O) groups excluding carboxylic acids is 1. The van der Waals surface area contributed by atoms with Crippen molar-refractivity contribution in [3.8, 4) is 5.75 Å². The summed E-state index contributed by atoms with van der Waals surface area (Å²) in [5.41, 5.74) is 1.06. The maximum atomic E-state index is 11.5. The van der Waals surface area contributed by atoms with Crippen LogP contribution in [-0.2, 0) is 11.3 Å². The van der Waals surface area contributed by atoms with Crippen LogP contribution in [-0.4, -0.2) is 24.6 Å². The van der Waals surface area contributed by atoms with Gasteiger partial charge in [0.05, 0.1) is 12.6 Å². The first-order valence-electron chi connectivity index (χ1n) is 6.73. The molecule has 0 saturated carbocycles. The average Bonchev–Trinajstić information content (AvgIpc) is 2.35. The maximum Gasteiger partial charge on any atom is 0.234 e. The molecular weight excluding hydrogens is 240 g/mol. The first kappa shape index (κ1) is 15.5. The van der Waals surface area contributed by atoms with Crippen molar-refractivity contribution in [3.63, 3.8) is 0 Å². The Kier molecular flexibility index (Phi) is 6.36. The molecule has 19 heavy (non-hydrogen) atoms. The van der Waals surface area contributed by atoms with Crippen LogP contribution in [0.15, 0.2) is 24.3 Å². The monoisotopic (exact) mass is 264 g/mol. The van der Waals surface area contributed by atoms with Gasteiger partial charge in [-0.25, -0.2) is 0 Å². The highest BCUT2D eigenvalue weighted by atomic mass is 16.5. The molecular formula is C15H24N2O2. The number of hydrogen-bond donors (Lipinski definition) is 2. The third-order valence-electron chi connectivity index (χ3n) is 2.46. The van der Waals surface area contributed by atoms with Crippen LogP contribution in [0.25, 0.3) is 0 Å². The Bertz CT molecular complexity index is 386. The van der Waals surface area contributed by atoms with E-state index in [2.05, 4.69) is 10.6 Å². The van der Waals surface area contributed by atoms with E-state index in [1.807, 2.05) is 52.0 Å². The van der Waals surface area contributed by atoms with Gasteiger partial charge in [-0.3, -0.25) is 4.79 Å². The van der Waals surface area contributed by atoms with E-state index in [9.17, 15) is 4.79 Å². The summed E-state index contributed by atoms with van der Waals surface area (Å²) >= 11 is 0. The van der Waals surface area contributed by atoms with Crippen molar-refractivity contribution >= 4 is 5.91 Å². The van der Waals surface area contributed by atoms with Crippen molar-refractivity contribution in [2.24, 2.45) is 0 Å². The highest BCUT2D eigenvalue weighted by Crippen LogP contribution is 2.13. The minimum Gasteiger partial charge on any atom is -0.491 e. The molecule has 0 unspecified atom stereocenters. The standard InChI is InChI=1S/C15H24N2O2/c1-11(2)16-10-15(18)17-9-13-5-7-14(8-6-13)19-12(3)4/h5-8,11-12,16H,9-10H2,1-4H3,(H,17,18). The van der Waals surface area contributed by atoms with E-state index in [0.717, 1.165) is 11.3 Å². The zero-order valence-corrected chi connectivity index (χ0v) is 12.2. The number of carbonyl (C=O) groups is 1. The van der Waals surface area contributed by atoms with E-state index < -0.39 is 0 Å². The molecule has 1 aromatic rings. The van der Waals surface area contributed by atoms with Crippen molar-refractivity contribution in [2.45, 2.75) is 46.4 Å². The fraction of sp³-hybridized carbons (Fsp3) is 0.533. The van der Waals surface area contributed by atoms with Crippen LogP contribution >= 0.6 is 0 Å². The molecule has 0 saturated heterocycles. The number of nitrogens with one attached hydrogen (secondary N) is 2. The molecule has 2 N–H and O–H groups in total. The van der Waals surface area contributed by atoms with Crippen LogP contribution < -0.4 is 15.4 Å². The highest BCUT2D eigenvalue weighted by molar-refractivity contribution is 5.77. The molecule has 0 fully saturated rings. The summed E-state index contributed by atoms with van der Waals surface area (Å²) in [6.45, 7) is 8.92. The molecule has 1 rings (SSSR count). The number of amides is 1. The molecule has 0 aromatic heterocycles. The van der Waals surface area contributed by atoms with Gasteiger partial charge in [-0.2, -0.15) is 0 Å². The Hall–Kier alpha value is -1.55. The van der Waals surface area contributed by atoms with Crippen molar-refractivity contribution in [1.82, 2.24) is 10.6 Å². The van der Waals surface area contributed by atoms with Crippen molar-refractivity contribution in [1.29, 1.82) is 0 Å². The lowest BCUT2D eigenvalue weighted by molar-refractivity contribution is -0.120. The van der Waals surface area contributed by atoms with E-state index in [-0.39, 0.29) is 12.0 Å². The predicted molar refractivity (Wildman–Crippen MR) is 77.2 cm³/mol. The van der Waals surface area contributed by atoms with Crippen LogP contribution in [0.3, 0.4) is 0 Å². The second-order valence-electron chi connectivity index (χ2n) is 5.12. The second-order valence-corrected chi connectivity index (χ2v) is 5.12. The fourth-order valence-corrected chi connectivity index (χ4v) is 1.52. The lowest BCUT2D eigenvalue weighted by atomic mass is 10.2. The van der Waals surface area contributed by atoms with Crippen LogP contribution in [0, 0.1) is 0 Å². The van der Waals surface area contributed by atoms with Gasteiger partial charge in [0.25, 0.3) is 0 Å². The van der Waals surface area contributed by atoms with Gasteiger partial charge in [-0.15, -0.1) is 0 Å². The summed E-state index contributed by atoms with van der Waals surface area (Å²) < 4.78 is 5.56. The van der Waals surface area contributed by atoms with Gasteiger partial charge in [-0.05, 0) is 31.5 Å². The minimum absolute atomic E-state index is 0.0104. The molecule has 0 aliphatic heterocycles. The van der Waals surface area contributed by atoms with Crippen molar-refractivity contribution in [2.75, 3.05) is 6.54 Å². The molecule has 4 heteroatoms. The van der Waals surface area contributed by atoms with E-state index in [0.29, 0.717) is 19.1 Å². The van der Waals surface area contributed by atoms with E-state index in [1.165, 1.54) is 0 Å². The second kappa shape index (κ2) is 7.79. The molecule has 0 radical (unpaired) electrons. The molecule has 0 aliphatic carbocycles. The summed E-state index contributed by atoms with van der Waals surface area (Å²) in [4.78, 5) is 11.5. The molecule has 106 valence electrons. The van der Waals surface area contributed by atoms with E-state index in [1.54, 1.807) is 0 Å².